The van der Waals surface area contributed by atoms with E-state index in [-0.39, 0.29) is 0 Å². The maximum Gasteiger partial charge on any atom is 0.430 e. The van der Waals surface area contributed by atoms with Gasteiger partial charge >= 0.3 is 12.4 Å². The molecule has 0 fully saturated rings. The molecule has 1 aliphatic carbocycles. The zero-order valence-corrected chi connectivity index (χ0v) is 6.48. The van der Waals surface area contributed by atoms with E-state index >= 15 is 0 Å². The van der Waals surface area contributed by atoms with Crippen LogP contribution < -0.4 is 0 Å². The molecular weight excluding hydrogens is 243 g/mol. The van der Waals surface area contributed by atoms with E-state index in [1.807, 2.05) is 0 Å². The molecule has 0 aromatic carbocycles. The van der Waals surface area contributed by atoms with Crippen LogP contribution in [-0.4, -0.2) is 24.2 Å². The molecule has 0 saturated heterocycles. The van der Waals surface area contributed by atoms with Gasteiger partial charge in [-0.15, -0.1) is 0 Å². The van der Waals surface area contributed by atoms with Gasteiger partial charge in [-0.05, 0) is 0 Å². The highest BCUT2D eigenvalue weighted by atomic mass is 19.4. The Balaban J connectivity index is 3.28. The van der Waals surface area contributed by atoms with Gasteiger partial charge in [0.2, 0.25) is 0 Å². The highest BCUT2D eigenvalue weighted by molar-refractivity contribution is 5.44. The molecule has 15 heavy (non-hydrogen) atoms. The number of halogens is 9. The molecule has 1 aliphatic rings. The Hall–Kier alpha value is -0.890. The van der Waals surface area contributed by atoms with Crippen LogP contribution in [0.5, 0.6) is 0 Å². The summed E-state index contributed by atoms with van der Waals surface area (Å²) in [5.41, 5.74) is -8.44. The quantitative estimate of drug-likeness (QED) is 0.573. The largest absolute Gasteiger partial charge is 0.430 e. The van der Waals surface area contributed by atoms with Crippen LogP contribution in [0.25, 0.3) is 0 Å². The summed E-state index contributed by atoms with van der Waals surface area (Å²) in [5, 5.41) is 0. The minimum absolute atomic E-state index is 2.76. The molecule has 0 radical (unpaired) electrons. The molecule has 0 amide bonds. The van der Waals surface area contributed by atoms with Crippen molar-refractivity contribution in [3.8, 4) is 0 Å². The highest BCUT2D eigenvalue weighted by Gasteiger charge is 2.78. The lowest BCUT2D eigenvalue weighted by molar-refractivity contribution is -0.266. The molecule has 0 bridgehead atoms. The third kappa shape index (κ3) is 1.39. The number of hydrogen-bond acceptors (Lipinski definition) is 0. The standard InChI is InChI=1S/C6HF9/c7-1-2(5(10,11)12)4(9,3(1)8)6(13,14)15/h3H. The second-order valence-electron chi connectivity index (χ2n) is 2.79. The fraction of sp³-hybridized carbons (Fsp3) is 0.667. The molecule has 88 valence electrons. The molecule has 0 aliphatic heterocycles. The predicted molar refractivity (Wildman–Crippen MR) is 29.0 cm³/mol. The van der Waals surface area contributed by atoms with Gasteiger partial charge in [0.25, 0.3) is 5.67 Å². The Bertz CT molecular complexity index is 308. The molecular formula is C6HF9. The Morgan fingerprint density at radius 1 is 1.00 bits per heavy atom. The van der Waals surface area contributed by atoms with E-state index in [4.69, 9.17) is 0 Å². The van der Waals surface area contributed by atoms with Crippen molar-refractivity contribution < 1.29 is 39.5 Å². The second kappa shape index (κ2) is 2.82. The first-order chi connectivity index (χ1) is 6.44. The summed E-state index contributed by atoms with van der Waals surface area (Å²) in [6.07, 6.45) is -16.0. The Labute approximate surface area is 76.4 Å². The molecule has 0 N–H and O–H groups in total. The van der Waals surface area contributed by atoms with Gasteiger partial charge in [0.15, 0.2) is 12.0 Å². The maximum atomic E-state index is 12.7. The van der Waals surface area contributed by atoms with Crippen LogP contribution in [-0.2, 0) is 0 Å². The second-order valence-corrected chi connectivity index (χ2v) is 2.79. The van der Waals surface area contributed by atoms with Crippen molar-refractivity contribution >= 4 is 0 Å². The number of hydrogen-bond donors (Lipinski definition) is 0. The molecule has 1 rings (SSSR count). The fourth-order valence-corrected chi connectivity index (χ4v) is 1.15. The lowest BCUT2D eigenvalue weighted by Gasteiger charge is -2.40. The molecule has 9 heteroatoms. The first-order valence-corrected chi connectivity index (χ1v) is 3.31. The van der Waals surface area contributed by atoms with Crippen LogP contribution >= 0.6 is 0 Å². The molecule has 0 nitrogen and oxygen atoms in total. The van der Waals surface area contributed by atoms with E-state index in [1.165, 1.54) is 0 Å². The van der Waals surface area contributed by atoms with E-state index in [2.05, 4.69) is 0 Å². The Morgan fingerprint density at radius 2 is 1.40 bits per heavy atom. The molecule has 0 spiro atoms. The van der Waals surface area contributed by atoms with Crippen LogP contribution in [0.1, 0.15) is 0 Å². The van der Waals surface area contributed by atoms with Crippen molar-refractivity contribution in [1.82, 2.24) is 0 Å². The smallest absolute Gasteiger partial charge is 0.235 e. The van der Waals surface area contributed by atoms with Gasteiger partial charge in [-0.1, -0.05) is 0 Å². The summed E-state index contributed by atoms with van der Waals surface area (Å²) >= 11 is 0. The van der Waals surface area contributed by atoms with E-state index in [1.54, 1.807) is 0 Å². The van der Waals surface area contributed by atoms with Crippen molar-refractivity contribution in [3.05, 3.63) is 11.4 Å². The van der Waals surface area contributed by atoms with E-state index < -0.39 is 35.6 Å². The summed E-state index contributed by atoms with van der Waals surface area (Å²) in [4.78, 5) is 0. The average molecular weight is 244 g/mol. The fourth-order valence-electron chi connectivity index (χ4n) is 1.15. The third-order valence-corrected chi connectivity index (χ3v) is 1.87. The molecule has 2 atom stereocenters. The SMILES string of the molecule is FC1=C(C(F)(F)F)C(F)(C(F)(F)F)C1F. The third-order valence-electron chi connectivity index (χ3n) is 1.87. The predicted octanol–water partition coefficient (Wildman–Crippen LogP) is 3.39. The zero-order valence-electron chi connectivity index (χ0n) is 6.48. The van der Waals surface area contributed by atoms with E-state index in [0.717, 1.165) is 0 Å². The first-order valence-electron chi connectivity index (χ1n) is 3.31. The van der Waals surface area contributed by atoms with Gasteiger partial charge in [0.1, 0.15) is 5.57 Å². The lowest BCUT2D eigenvalue weighted by Crippen LogP contribution is -2.61. The van der Waals surface area contributed by atoms with Crippen LogP contribution in [0.2, 0.25) is 0 Å². The minimum Gasteiger partial charge on any atom is -0.235 e. The first kappa shape index (κ1) is 12.2. The van der Waals surface area contributed by atoms with Crippen molar-refractivity contribution in [1.29, 1.82) is 0 Å². The van der Waals surface area contributed by atoms with Gasteiger partial charge in [-0.3, -0.25) is 0 Å². The Kier molecular flexibility index (Phi) is 2.29. The van der Waals surface area contributed by atoms with Crippen molar-refractivity contribution in [2.75, 3.05) is 0 Å². The maximum absolute atomic E-state index is 12.7. The van der Waals surface area contributed by atoms with Crippen LogP contribution in [0, 0.1) is 0 Å². The van der Waals surface area contributed by atoms with Crippen molar-refractivity contribution in [2.45, 2.75) is 24.2 Å². The van der Waals surface area contributed by atoms with Gasteiger partial charge in [0.05, 0.1) is 0 Å². The number of alkyl halides is 8. The van der Waals surface area contributed by atoms with E-state index in [0.29, 0.717) is 0 Å². The molecule has 0 saturated carbocycles. The molecule has 0 heterocycles. The van der Waals surface area contributed by atoms with Crippen LogP contribution in [0.3, 0.4) is 0 Å². The average Bonchev–Trinajstić information content (AvgIpc) is 1.99. The summed E-state index contributed by atoms with van der Waals surface area (Å²) < 4.78 is 108. The minimum atomic E-state index is -6.15. The van der Waals surface area contributed by atoms with Gasteiger partial charge in [-0.25, -0.2) is 13.2 Å². The van der Waals surface area contributed by atoms with Crippen molar-refractivity contribution in [2.24, 2.45) is 0 Å². The lowest BCUT2D eigenvalue weighted by atomic mass is 9.77. The normalized spacial score (nSPS) is 33.0. The van der Waals surface area contributed by atoms with Gasteiger partial charge < -0.3 is 0 Å². The number of rotatable bonds is 0. The molecule has 0 aromatic heterocycles. The van der Waals surface area contributed by atoms with Gasteiger partial charge in [-0.2, -0.15) is 26.3 Å². The summed E-state index contributed by atoms with van der Waals surface area (Å²) in [6.45, 7) is 0. The number of allylic oxidation sites excluding steroid dienone is 2. The van der Waals surface area contributed by atoms with Crippen LogP contribution in [0.4, 0.5) is 39.5 Å². The summed E-state index contributed by atoms with van der Waals surface area (Å²) in [7, 11) is 0. The molecule has 0 aromatic rings. The topological polar surface area (TPSA) is 0 Å². The summed E-state index contributed by atoms with van der Waals surface area (Å²) in [5.74, 6) is -2.76. The van der Waals surface area contributed by atoms with Gasteiger partial charge in [0, 0.05) is 0 Å². The monoisotopic (exact) mass is 244 g/mol. The Morgan fingerprint density at radius 3 is 1.60 bits per heavy atom. The summed E-state index contributed by atoms with van der Waals surface area (Å²) in [6, 6.07) is 0. The van der Waals surface area contributed by atoms with Crippen LogP contribution in [0.15, 0.2) is 11.4 Å². The zero-order chi connectivity index (χ0) is 12.2. The van der Waals surface area contributed by atoms with Crippen molar-refractivity contribution in [3.63, 3.8) is 0 Å². The highest BCUT2D eigenvalue weighted by Crippen LogP contribution is 2.59. The molecule has 2 unspecified atom stereocenters. The van der Waals surface area contributed by atoms with E-state index in [9.17, 15) is 39.5 Å².